The molecule has 3 N–H and O–H groups in total. The minimum Gasteiger partial charge on any atom is -0.502 e. The quantitative estimate of drug-likeness (QED) is 0.691. The molecular weight excluding hydrogens is 281 g/mol. The Morgan fingerprint density at radius 3 is 2.86 bits per heavy atom. The van der Waals surface area contributed by atoms with Crippen molar-refractivity contribution in [1.29, 1.82) is 0 Å². The molecule has 8 heteroatoms. The predicted octanol–water partition coefficient (Wildman–Crippen LogP) is 0.155. The maximum atomic E-state index is 13.5. The molecule has 0 saturated carbocycles. The topological polar surface area (TPSA) is 100 Å². The molecule has 7 nitrogen and oxygen atoms in total. The van der Waals surface area contributed by atoms with Crippen molar-refractivity contribution in [3.05, 3.63) is 29.2 Å². The number of phenols is 1. The number of amidine groups is 1. The SMILES string of the molecule is CNC(=O)C1=NC(=Cc2cc(F)c(O)c(OC)c2)C(=O)N1. The Morgan fingerprint density at radius 1 is 1.52 bits per heavy atom. The van der Waals surface area contributed by atoms with Gasteiger partial charge in [0.2, 0.25) is 0 Å². The molecule has 0 saturated heterocycles. The lowest BCUT2D eigenvalue weighted by Crippen LogP contribution is -2.37. The summed E-state index contributed by atoms with van der Waals surface area (Å²) in [7, 11) is 2.68. The van der Waals surface area contributed by atoms with Gasteiger partial charge >= 0.3 is 0 Å². The van der Waals surface area contributed by atoms with Gasteiger partial charge in [0.25, 0.3) is 11.8 Å². The number of nitrogens with zero attached hydrogens (tertiary/aromatic N) is 1. The van der Waals surface area contributed by atoms with Crippen molar-refractivity contribution in [3.8, 4) is 11.5 Å². The summed E-state index contributed by atoms with van der Waals surface area (Å²) >= 11 is 0. The summed E-state index contributed by atoms with van der Waals surface area (Å²) in [6, 6.07) is 2.36. The van der Waals surface area contributed by atoms with Crippen LogP contribution in [0.15, 0.2) is 22.8 Å². The highest BCUT2D eigenvalue weighted by atomic mass is 19.1. The number of nitrogens with one attached hydrogen (secondary N) is 2. The van der Waals surface area contributed by atoms with Crippen LogP contribution in [0.25, 0.3) is 6.08 Å². The second kappa shape index (κ2) is 5.61. The van der Waals surface area contributed by atoms with Crippen molar-refractivity contribution in [2.45, 2.75) is 0 Å². The molecule has 1 aliphatic rings. The van der Waals surface area contributed by atoms with E-state index in [1.54, 1.807) is 0 Å². The maximum absolute atomic E-state index is 13.5. The van der Waals surface area contributed by atoms with Crippen LogP contribution in [0.1, 0.15) is 5.56 Å². The van der Waals surface area contributed by atoms with Crippen molar-refractivity contribution in [2.75, 3.05) is 14.2 Å². The maximum Gasteiger partial charge on any atom is 0.286 e. The van der Waals surface area contributed by atoms with E-state index in [9.17, 15) is 19.1 Å². The second-order valence-electron chi connectivity index (χ2n) is 4.08. The van der Waals surface area contributed by atoms with Crippen LogP contribution < -0.4 is 15.4 Å². The van der Waals surface area contributed by atoms with Gasteiger partial charge in [0.1, 0.15) is 5.70 Å². The van der Waals surface area contributed by atoms with Gasteiger partial charge in [-0.25, -0.2) is 9.38 Å². The van der Waals surface area contributed by atoms with Crippen LogP contribution in [0.5, 0.6) is 11.5 Å². The lowest BCUT2D eigenvalue weighted by molar-refractivity contribution is -0.117. The standard InChI is InChI=1S/C13H12FN3O4/c1-15-13(20)11-16-8(12(19)17-11)4-6-3-7(14)10(18)9(5-6)21-2/h3-5,18H,1-2H3,(H,15,20)(H,16,17,19). The number of aliphatic imine (C=N–C) groups is 1. The molecule has 0 fully saturated rings. The van der Waals surface area contributed by atoms with Crippen LogP contribution in [-0.2, 0) is 9.59 Å². The molecule has 21 heavy (non-hydrogen) atoms. The normalized spacial score (nSPS) is 15.7. The highest BCUT2D eigenvalue weighted by Gasteiger charge is 2.24. The molecule has 0 unspecified atom stereocenters. The fourth-order valence-corrected chi connectivity index (χ4v) is 1.69. The number of hydrogen-bond donors (Lipinski definition) is 3. The number of carbonyl (C=O) groups is 2. The fraction of sp³-hybridized carbons (Fsp3) is 0.154. The molecule has 1 aromatic carbocycles. The number of phenolic OH excluding ortho intramolecular Hbond substituents is 1. The largest absolute Gasteiger partial charge is 0.502 e. The molecule has 0 atom stereocenters. The minimum atomic E-state index is -0.893. The number of amides is 2. The lowest BCUT2D eigenvalue weighted by atomic mass is 10.1. The van der Waals surface area contributed by atoms with E-state index >= 15 is 0 Å². The predicted molar refractivity (Wildman–Crippen MR) is 72.2 cm³/mol. The third-order valence-corrected chi connectivity index (χ3v) is 2.71. The van der Waals surface area contributed by atoms with Gasteiger partial charge < -0.3 is 20.5 Å². The van der Waals surface area contributed by atoms with Gasteiger partial charge in [0.15, 0.2) is 23.2 Å². The number of hydrogen-bond acceptors (Lipinski definition) is 5. The van der Waals surface area contributed by atoms with Crippen molar-refractivity contribution in [3.63, 3.8) is 0 Å². The van der Waals surface area contributed by atoms with Crippen LogP contribution in [0.3, 0.4) is 0 Å². The Morgan fingerprint density at radius 2 is 2.24 bits per heavy atom. The average Bonchev–Trinajstić information content (AvgIpc) is 2.83. The smallest absolute Gasteiger partial charge is 0.286 e. The number of aromatic hydroxyl groups is 1. The molecule has 110 valence electrons. The first-order chi connectivity index (χ1) is 9.96. The molecular formula is C13H12FN3O4. The summed E-state index contributed by atoms with van der Waals surface area (Å²) in [4.78, 5) is 26.8. The van der Waals surface area contributed by atoms with E-state index in [1.165, 1.54) is 26.3 Å². The van der Waals surface area contributed by atoms with Gasteiger partial charge in [-0.2, -0.15) is 0 Å². The zero-order chi connectivity index (χ0) is 15.6. The van der Waals surface area contributed by atoms with Crippen molar-refractivity contribution in [1.82, 2.24) is 10.6 Å². The highest BCUT2D eigenvalue weighted by molar-refractivity contribution is 6.43. The zero-order valence-corrected chi connectivity index (χ0v) is 11.2. The average molecular weight is 293 g/mol. The first-order valence-electron chi connectivity index (χ1n) is 5.86. The van der Waals surface area contributed by atoms with Crippen LogP contribution in [0, 0.1) is 5.82 Å². The van der Waals surface area contributed by atoms with E-state index in [2.05, 4.69) is 15.6 Å². The molecule has 0 aliphatic carbocycles. The molecule has 1 heterocycles. The number of ether oxygens (including phenoxy) is 1. The van der Waals surface area contributed by atoms with E-state index in [1.807, 2.05) is 0 Å². The van der Waals surface area contributed by atoms with Gasteiger partial charge in [-0.05, 0) is 23.8 Å². The van der Waals surface area contributed by atoms with Crippen LogP contribution in [0.2, 0.25) is 0 Å². The molecule has 2 amide bonds. The Labute approximate surface area is 119 Å². The van der Waals surface area contributed by atoms with E-state index < -0.39 is 23.4 Å². The van der Waals surface area contributed by atoms with Crippen LogP contribution in [-0.4, -0.2) is 36.9 Å². The number of likely N-dealkylation sites (N-methyl/N-ethyl adjacent to an activating group) is 1. The monoisotopic (exact) mass is 293 g/mol. The molecule has 0 aromatic heterocycles. The number of rotatable bonds is 3. The summed E-state index contributed by atoms with van der Waals surface area (Å²) < 4.78 is 18.3. The molecule has 0 spiro atoms. The fourth-order valence-electron chi connectivity index (χ4n) is 1.69. The first kappa shape index (κ1) is 14.5. The Kier molecular flexibility index (Phi) is 3.88. The van der Waals surface area contributed by atoms with Gasteiger partial charge in [-0.1, -0.05) is 0 Å². The zero-order valence-electron chi connectivity index (χ0n) is 11.2. The number of benzene rings is 1. The summed E-state index contributed by atoms with van der Waals surface area (Å²) in [5.74, 6) is -2.85. The van der Waals surface area contributed by atoms with Crippen molar-refractivity contribution in [2.24, 2.45) is 4.99 Å². The van der Waals surface area contributed by atoms with Crippen molar-refractivity contribution >= 4 is 23.7 Å². The third kappa shape index (κ3) is 2.83. The molecule has 1 aromatic rings. The van der Waals surface area contributed by atoms with Gasteiger partial charge in [-0.15, -0.1) is 0 Å². The highest BCUT2D eigenvalue weighted by Crippen LogP contribution is 2.31. The van der Waals surface area contributed by atoms with Gasteiger partial charge in [0, 0.05) is 7.05 Å². The molecule has 1 aliphatic heterocycles. The van der Waals surface area contributed by atoms with Crippen LogP contribution >= 0.6 is 0 Å². The van der Waals surface area contributed by atoms with Gasteiger partial charge in [-0.3, -0.25) is 9.59 Å². The minimum absolute atomic E-state index is 0.0549. The summed E-state index contributed by atoms with van der Waals surface area (Å²) in [6.45, 7) is 0. The Balaban J connectivity index is 2.40. The summed E-state index contributed by atoms with van der Waals surface area (Å²) in [5, 5.41) is 14.0. The van der Waals surface area contributed by atoms with Crippen LogP contribution in [0.4, 0.5) is 4.39 Å². The first-order valence-corrected chi connectivity index (χ1v) is 5.86. The van der Waals surface area contributed by atoms with E-state index in [0.717, 1.165) is 6.07 Å². The summed E-state index contributed by atoms with van der Waals surface area (Å²) in [6.07, 6.45) is 1.27. The van der Waals surface area contributed by atoms with Gasteiger partial charge in [0.05, 0.1) is 7.11 Å². The Bertz CT molecular complexity index is 682. The lowest BCUT2D eigenvalue weighted by Gasteiger charge is -2.05. The molecule has 0 radical (unpaired) electrons. The van der Waals surface area contributed by atoms with E-state index in [0.29, 0.717) is 0 Å². The van der Waals surface area contributed by atoms with E-state index in [4.69, 9.17) is 4.74 Å². The Hall–Kier alpha value is -2.90. The van der Waals surface area contributed by atoms with E-state index in [-0.39, 0.29) is 22.8 Å². The number of carbonyl (C=O) groups excluding carboxylic acids is 2. The number of halogens is 1. The summed E-state index contributed by atoms with van der Waals surface area (Å²) in [5.41, 5.74) is 0.204. The third-order valence-electron chi connectivity index (χ3n) is 2.71. The van der Waals surface area contributed by atoms with Crippen molar-refractivity contribution < 1.29 is 23.8 Å². The second-order valence-corrected chi connectivity index (χ2v) is 4.08. The number of methoxy groups -OCH3 is 1. The molecule has 2 rings (SSSR count). The molecule has 0 bridgehead atoms.